The standard InChI is InChI=1S/C24H22N6O2/c1-2-4-16(5-3-1)21-15-29-24(32-21)23-25-11-17(12-26-23)20-14-28-22-19(20)10-18(13-27-22)30-6-8-31-9-7-30/h1-5,10-14,21H,6-9,15H2,(H,27,28)/t21-/m1/s1. The molecule has 1 aromatic carbocycles. The van der Waals surface area contributed by atoms with Gasteiger partial charge in [0.1, 0.15) is 11.8 Å². The molecule has 2 aliphatic heterocycles. The van der Waals surface area contributed by atoms with Crippen molar-refractivity contribution in [1.82, 2.24) is 19.9 Å². The first-order valence-corrected chi connectivity index (χ1v) is 10.7. The first kappa shape index (κ1) is 18.9. The molecule has 6 rings (SSSR count). The third kappa shape index (κ3) is 3.48. The highest BCUT2D eigenvalue weighted by Gasteiger charge is 2.24. The summed E-state index contributed by atoms with van der Waals surface area (Å²) in [4.78, 5) is 23.7. The zero-order chi connectivity index (χ0) is 21.3. The number of H-pyrrole nitrogens is 1. The Hall–Kier alpha value is -3.78. The van der Waals surface area contributed by atoms with Gasteiger partial charge in [-0.1, -0.05) is 30.3 Å². The van der Waals surface area contributed by atoms with E-state index in [4.69, 9.17) is 9.47 Å². The van der Waals surface area contributed by atoms with E-state index in [2.05, 4.69) is 35.9 Å². The molecule has 2 aliphatic rings. The Bertz CT molecular complexity index is 1260. The fraction of sp³-hybridized carbons (Fsp3) is 0.250. The molecule has 32 heavy (non-hydrogen) atoms. The van der Waals surface area contributed by atoms with Crippen LogP contribution in [0, 0.1) is 0 Å². The first-order valence-electron chi connectivity index (χ1n) is 10.7. The Labute approximate surface area is 185 Å². The molecule has 1 N–H and O–H groups in total. The van der Waals surface area contributed by atoms with Crippen LogP contribution in [0.3, 0.4) is 0 Å². The molecule has 1 atom stereocenters. The smallest absolute Gasteiger partial charge is 0.255 e. The number of anilines is 1. The van der Waals surface area contributed by atoms with E-state index in [1.165, 1.54) is 0 Å². The van der Waals surface area contributed by atoms with Crippen LogP contribution < -0.4 is 4.90 Å². The number of aromatic amines is 1. The Morgan fingerprint density at radius 2 is 1.78 bits per heavy atom. The van der Waals surface area contributed by atoms with Crippen LogP contribution in [0.2, 0.25) is 0 Å². The van der Waals surface area contributed by atoms with E-state index in [1.807, 2.05) is 55.1 Å². The number of hydrogen-bond donors (Lipinski definition) is 1. The van der Waals surface area contributed by atoms with E-state index in [1.54, 1.807) is 0 Å². The van der Waals surface area contributed by atoms with Gasteiger partial charge in [0.2, 0.25) is 5.82 Å². The van der Waals surface area contributed by atoms with Gasteiger partial charge in [0.25, 0.3) is 5.90 Å². The lowest BCUT2D eigenvalue weighted by Gasteiger charge is -2.28. The quantitative estimate of drug-likeness (QED) is 0.538. The van der Waals surface area contributed by atoms with E-state index >= 15 is 0 Å². The van der Waals surface area contributed by atoms with Crippen molar-refractivity contribution in [2.75, 3.05) is 37.7 Å². The van der Waals surface area contributed by atoms with Crippen LogP contribution in [0.1, 0.15) is 17.5 Å². The third-order valence-corrected chi connectivity index (χ3v) is 5.87. The number of benzene rings is 1. The first-order chi connectivity index (χ1) is 15.8. The predicted molar refractivity (Wildman–Crippen MR) is 122 cm³/mol. The monoisotopic (exact) mass is 426 g/mol. The maximum absolute atomic E-state index is 6.01. The van der Waals surface area contributed by atoms with Crippen LogP contribution in [0.25, 0.3) is 22.2 Å². The minimum atomic E-state index is -0.0900. The van der Waals surface area contributed by atoms with Gasteiger partial charge >= 0.3 is 0 Å². The molecule has 8 heteroatoms. The summed E-state index contributed by atoms with van der Waals surface area (Å²) in [5, 5.41) is 1.05. The van der Waals surface area contributed by atoms with E-state index in [0.29, 0.717) is 18.3 Å². The molecule has 1 saturated heterocycles. The summed E-state index contributed by atoms with van der Waals surface area (Å²) < 4.78 is 11.5. The van der Waals surface area contributed by atoms with Gasteiger partial charge in [-0.25, -0.2) is 19.9 Å². The predicted octanol–water partition coefficient (Wildman–Crippen LogP) is 3.37. The van der Waals surface area contributed by atoms with Crippen molar-refractivity contribution < 1.29 is 9.47 Å². The van der Waals surface area contributed by atoms with Gasteiger partial charge in [0.15, 0.2) is 0 Å². The maximum Gasteiger partial charge on any atom is 0.255 e. The second-order valence-electron chi connectivity index (χ2n) is 7.85. The zero-order valence-corrected chi connectivity index (χ0v) is 17.4. The molecule has 0 radical (unpaired) electrons. The lowest BCUT2D eigenvalue weighted by atomic mass is 10.1. The summed E-state index contributed by atoms with van der Waals surface area (Å²) in [6, 6.07) is 12.3. The zero-order valence-electron chi connectivity index (χ0n) is 17.4. The minimum absolute atomic E-state index is 0.0900. The molecule has 3 aromatic heterocycles. The SMILES string of the molecule is c1ccc([C@H]2CN=C(c3ncc(-c4c[nH]c5ncc(N6CCOCC6)cc45)cn3)O2)cc1. The molecule has 8 nitrogen and oxygen atoms in total. The van der Waals surface area contributed by atoms with Gasteiger partial charge in [0.05, 0.1) is 31.6 Å². The average Bonchev–Trinajstić information content (AvgIpc) is 3.53. The molecular formula is C24H22N6O2. The highest BCUT2D eigenvalue weighted by Crippen LogP contribution is 2.30. The Kier molecular flexibility index (Phi) is 4.77. The molecule has 5 heterocycles. The molecule has 1 fully saturated rings. The maximum atomic E-state index is 6.01. The number of morpholine rings is 1. The van der Waals surface area contributed by atoms with Gasteiger partial charge in [-0.2, -0.15) is 0 Å². The highest BCUT2D eigenvalue weighted by atomic mass is 16.5. The van der Waals surface area contributed by atoms with Crippen molar-refractivity contribution >= 4 is 22.6 Å². The van der Waals surface area contributed by atoms with Crippen LogP contribution in [0.15, 0.2) is 66.2 Å². The van der Waals surface area contributed by atoms with Crippen LogP contribution in [0.5, 0.6) is 0 Å². The second kappa shape index (κ2) is 8.05. The summed E-state index contributed by atoms with van der Waals surface area (Å²) in [5.74, 6) is 0.986. The van der Waals surface area contributed by atoms with Crippen molar-refractivity contribution in [2.24, 2.45) is 4.99 Å². The number of aliphatic imine (C=N–C) groups is 1. The summed E-state index contributed by atoms with van der Waals surface area (Å²) in [6.07, 6.45) is 7.40. The van der Waals surface area contributed by atoms with Crippen LogP contribution >= 0.6 is 0 Å². The minimum Gasteiger partial charge on any atom is -0.465 e. The van der Waals surface area contributed by atoms with Crippen LogP contribution in [0.4, 0.5) is 5.69 Å². The molecule has 0 amide bonds. The van der Waals surface area contributed by atoms with E-state index in [0.717, 1.165) is 59.7 Å². The average molecular weight is 426 g/mol. The Morgan fingerprint density at radius 1 is 0.969 bits per heavy atom. The largest absolute Gasteiger partial charge is 0.465 e. The molecule has 0 spiro atoms. The summed E-state index contributed by atoms with van der Waals surface area (Å²) in [7, 11) is 0. The summed E-state index contributed by atoms with van der Waals surface area (Å²) in [6.45, 7) is 3.80. The van der Waals surface area contributed by atoms with Gasteiger partial charge in [-0.05, 0) is 11.6 Å². The van der Waals surface area contributed by atoms with E-state index in [9.17, 15) is 0 Å². The van der Waals surface area contributed by atoms with Crippen LogP contribution in [-0.4, -0.2) is 58.7 Å². The Balaban J connectivity index is 1.24. The van der Waals surface area contributed by atoms with E-state index in [-0.39, 0.29) is 6.10 Å². The summed E-state index contributed by atoms with van der Waals surface area (Å²) >= 11 is 0. The van der Waals surface area contributed by atoms with Gasteiger partial charge in [0, 0.05) is 48.2 Å². The van der Waals surface area contributed by atoms with Crippen molar-refractivity contribution in [3.63, 3.8) is 0 Å². The number of ether oxygens (including phenoxy) is 2. The van der Waals surface area contributed by atoms with Crippen molar-refractivity contribution in [3.8, 4) is 11.1 Å². The Morgan fingerprint density at radius 3 is 2.59 bits per heavy atom. The van der Waals surface area contributed by atoms with Crippen molar-refractivity contribution in [3.05, 3.63) is 72.6 Å². The molecule has 0 aliphatic carbocycles. The van der Waals surface area contributed by atoms with Crippen LogP contribution in [-0.2, 0) is 9.47 Å². The van der Waals surface area contributed by atoms with Crippen molar-refractivity contribution in [1.29, 1.82) is 0 Å². The molecule has 0 saturated carbocycles. The fourth-order valence-electron chi connectivity index (χ4n) is 4.14. The highest BCUT2D eigenvalue weighted by molar-refractivity contribution is 5.96. The lowest BCUT2D eigenvalue weighted by Crippen LogP contribution is -2.36. The summed E-state index contributed by atoms with van der Waals surface area (Å²) in [5.41, 5.74) is 4.98. The number of nitrogens with zero attached hydrogens (tertiary/aromatic N) is 5. The van der Waals surface area contributed by atoms with Crippen molar-refractivity contribution in [2.45, 2.75) is 6.10 Å². The molecule has 0 unspecified atom stereocenters. The van der Waals surface area contributed by atoms with E-state index < -0.39 is 0 Å². The number of aromatic nitrogens is 4. The third-order valence-electron chi connectivity index (χ3n) is 5.87. The van der Waals surface area contributed by atoms with Gasteiger partial charge in [-0.15, -0.1) is 0 Å². The lowest BCUT2D eigenvalue weighted by molar-refractivity contribution is 0.122. The number of fused-ring (bicyclic) bond motifs is 1. The topological polar surface area (TPSA) is 88.5 Å². The second-order valence-corrected chi connectivity index (χ2v) is 7.85. The molecular weight excluding hydrogens is 404 g/mol. The van der Waals surface area contributed by atoms with Gasteiger partial charge in [-0.3, -0.25) is 0 Å². The number of pyridine rings is 1. The fourth-order valence-corrected chi connectivity index (χ4v) is 4.14. The van der Waals surface area contributed by atoms with Gasteiger partial charge < -0.3 is 19.4 Å². The molecule has 0 bridgehead atoms. The normalized spacial score (nSPS) is 18.6. The molecule has 4 aromatic rings. The number of hydrogen-bond acceptors (Lipinski definition) is 7. The number of nitrogens with one attached hydrogen (secondary N) is 1. The number of rotatable bonds is 4. The molecule has 160 valence electrons.